The van der Waals surface area contributed by atoms with Crippen LogP contribution in [0.2, 0.25) is 5.02 Å². The first-order valence-corrected chi connectivity index (χ1v) is 9.10. The van der Waals surface area contributed by atoms with E-state index in [0.717, 1.165) is 12.0 Å². The summed E-state index contributed by atoms with van der Waals surface area (Å²) >= 11 is 7.70. The highest BCUT2D eigenvalue weighted by Gasteiger charge is 2.24. The van der Waals surface area contributed by atoms with Crippen LogP contribution in [-0.2, 0) is 13.0 Å². The van der Waals surface area contributed by atoms with Crippen molar-refractivity contribution in [3.8, 4) is 11.5 Å². The molecule has 0 aliphatic carbocycles. The molecule has 0 atom stereocenters. The maximum absolute atomic E-state index is 11.7. The van der Waals surface area contributed by atoms with Crippen LogP contribution in [0.3, 0.4) is 0 Å². The van der Waals surface area contributed by atoms with Gasteiger partial charge in [0.1, 0.15) is 10.6 Å². The van der Waals surface area contributed by atoms with E-state index in [2.05, 4.69) is 5.10 Å². The molecule has 0 unspecified atom stereocenters. The highest BCUT2D eigenvalue weighted by molar-refractivity contribution is 7.98. The Morgan fingerprint density at radius 1 is 1.42 bits per heavy atom. The number of fused-ring (bicyclic) bond motifs is 1. The maximum Gasteiger partial charge on any atom is 0.340 e. The summed E-state index contributed by atoms with van der Waals surface area (Å²) in [7, 11) is 0. The normalized spacial score (nSPS) is 12.6. The minimum absolute atomic E-state index is 0.164. The van der Waals surface area contributed by atoms with E-state index in [1.165, 1.54) is 11.8 Å². The summed E-state index contributed by atoms with van der Waals surface area (Å²) in [5.41, 5.74) is 1.50. The number of carbonyl (C=O) groups is 1. The SMILES string of the molecule is CCCn1nc(Cc2cc3c(cc2Cl)OCO3)c(C(=O)O)c1SC. The molecule has 1 N–H and O–H groups in total. The van der Waals surface area contributed by atoms with Gasteiger partial charge in [-0.3, -0.25) is 4.68 Å². The largest absolute Gasteiger partial charge is 0.478 e. The first kappa shape index (κ1) is 17.0. The van der Waals surface area contributed by atoms with Crippen molar-refractivity contribution in [1.29, 1.82) is 0 Å². The number of halogens is 1. The van der Waals surface area contributed by atoms with Crippen molar-refractivity contribution in [3.63, 3.8) is 0 Å². The van der Waals surface area contributed by atoms with Gasteiger partial charge in [-0.2, -0.15) is 5.10 Å². The molecule has 0 bridgehead atoms. The fourth-order valence-electron chi connectivity index (χ4n) is 2.68. The Balaban J connectivity index is 2.02. The van der Waals surface area contributed by atoms with Crippen LogP contribution in [0, 0.1) is 0 Å². The molecule has 24 heavy (non-hydrogen) atoms. The standard InChI is InChI=1S/C16H17ClN2O4S/c1-3-4-19-15(24-2)14(16(20)21)11(18-19)5-9-6-12-13(7-10(9)17)23-8-22-12/h6-7H,3-5,8H2,1-2H3,(H,20,21). The number of aromatic nitrogens is 2. The van der Waals surface area contributed by atoms with Crippen LogP contribution in [0.25, 0.3) is 0 Å². The van der Waals surface area contributed by atoms with Crippen LogP contribution in [0.1, 0.15) is 35.0 Å². The number of benzene rings is 1. The van der Waals surface area contributed by atoms with E-state index in [-0.39, 0.29) is 12.4 Å². The molecule has 3 rings (SSSR count). The van der Waals surface area contributed by atoms with Crippen LogP contribution in [0.15, 0.2) is 17.2 Å². The predicted molar refractivity (Wildman–Crippen MR) is 91.6 cm³/mol. The number of hydrogen-bond acceptors (Lipinski definition) is 5. The van der Waals surface area contributed by atoms with Gasteiger partial charge < -0.3 is 14.6 Å². The molecule has 1 aliphatic heterocycles. The first-order valence-electron chi connectivity index (χ1n) is 7.50. The Labute approximate surface area is 148 Å². The van der Waals surface area contributed by atoms with Crippen molar-refractivity contribution in [2.75, 3.05) is 13.0 Å². The highest BCUT2D eigenvalue weighted by Crippen LogP contribution is 2.38. The van der Waals surface area contributed by atoms with Gasteiger partial charge in [0.25, 0.3) is 0 Å². The lowest BCUT2D eigenvalue weighted by Crippen LogP contribution is -2.03. The quantitative estimate of drug-likeness (QED) is 0.784. The summed E-state index contributed by atoms with van der Waals surface area (Å²) in [6.45, 7) is 2.86. The molecule has 6 nitrogen and oxygen atoms in total. The zero-order valence-corrected chi connectivity index (χ0v) is 14.9. The zero-order chi connectivity index (χ0) is 17.3. The van der Waals surface area contributed by atoms with Crippen molar-refractivity contribution in [3.05, 3.63) is 34.0 Å². The van der Waals surface area contributed by atoms with E-state index in [9.17, 15) is 9.90 Å². The molecule has 0 fully saturated rings. The van der Waals surface area contributed by atoms with E-state index in [0.29, 0.717) is 40.2 Å². The van der Waals surface area contributed by atoms with Crippen LogP contribution in [0.5, 0.6) is 11.5 Å². The maximum atomic E-state index is 11.7. The number of hydrogen-bond donors (Lipinski definition) is 1. The van der Waals surface area contributed by atoms with Crippen molar-refractivity contribution in [1.82, 2.24) is 9.78 Å². The van der Waals surface area contributed by atoms with Crippen molar-refractivity contribution < 1.29 is 19.4 Å². The third-order valence-corrected chi connectivity index (χ3v) is 4.87. The molecular weight excluding hydrogens is 352 g/mol. The number of carboxylic acid groups (broad SMARTS) is 1. The average molecular weight is 369 g/mol. The van der Waals surface area contributed by atoms with Gasteiger partial charge in [0.05, 0.1) is 5.69 Å². The van der Waals surface area contributed by atoms with Gasteiger partial charge in [-0.1, -0.05) is 18.5 Å². The number of rotatable bonds is 6. The first-order chi connectivity index (χ1) is 11.5. The summed E-state index contributed by atoms with van der Waals surface area (Å²) in [6, 6.07) is 3.48. The molecule has 128 valence electrons. The Morgan fingerprint density at radius 2 is 2.12 bits per heavy atom. The second kappa shape index (κ2) is 6.94. The molecule has 2 aromatic rings. The monoisotopic (exact) mass is 368 g/mol. The van der Waals surface area contributed by atoms with Crippen LogP contribution in [0.4, 0.5) is 0 Å². The van der Waals surface area contributed by atoms with Crippen molar-refractivity contribution >= 4 is 29.3 Å². The summed E-state index contributed by atoms with van der Waals surface area (Å²) in [5.74, 6) is 0.237. The van der Waals surface area contributed by atoms with E-state index >= 15 is 0 Å². The summed E-state index contributed by atoms with van der Waals surface area (Å²) in [5, 5.41) is 15.3. The van der Waals surface area contributed by atoms with Gasteiger partial charge in [0.2, 0.25) is 6.79 Å². The summed E-state index contributed by atoms with van der Waals surface area (Å²) < 4.78 is 12.4. The van der Waals surface area contributed by atoms with Gasteiger partial charge in [-0.05, 0) is 24.3 Å². The number of aromatic carboxylic acids is 1. The van der Waals surface area contributed by atoms with Gasteiger partial charge in [0.15, 0.2) is 11.5 Å². The molecule has 1 aromatic heterocycles. The fraction of sp³-hybridized carbons (Fsp3) is 0.375. The Hall–Kier alpha value is -1.86. The predicted octanol–water partition coefficient (Wildman–Crippen LogP) is 3.69. The van der Waals surface area contributed by atoms with Crippen molar-refractivity contribution in [2.45, 2.75) is 31.3 Å². The Bertz CT molecular complexity index is 791. The molecule has 0 amide bonds. The van der Waals surface area contributed by atoms with Crippen LogP contribution >= 0.6 is 23.4 Å². The molecule has 0 saturated carbocycles. The second-order valence-electron chi connectivity index (χ2n) is 5.33. The number of nitrogens with zero attached hydrogens (tertiary/aromatic N) is 2. The molecule has 2 heterocycles. The Morgan fingerprint density at radius 3 is 2.75 bits per heavy atom. The fourth-order valence-corrected chi connectivity index (χ4v) is 3.65. The second-order valence-corrected chi connectivity index (χ2v) is 6.54. The van der Waals surface area contributed by atoms with E-state index in [4.69, 9.17) is 21.1 Å². The van der Waals surface area contributed by atoms with Gasteiger partial charge in [-0.15, -0.1) is 11.8 Å². The van der Waals surface area contributed by atoms with E-state index in [1.54, 1.807) is 16.8 Å². The number of ether oxygens (including phenoxy) is 2. The van der Waals surface area contributed by atoms with Gasteiger partial charge >= 0.3 is 5.97 Å². The molecular formula is C16H17ClN2O4S. The summed E-state index contributed by atoms with van der Waals surface area (Å²) in [4.78, 5) is 11.7. The van der Waals surface area contributed by atoms with Crippen LogP contribution < -0.4 is 9.47 Å². The third kappa shape index (κ3) is 3.06. The lowest BCUT2D eigenvalue weighted by Gasteiger charge is -2.05. The van der Waals surface area contributed by atoms with Crippen molar-refractivity contribution in [2.24, 2.45) is 0 Å². The molecule has 0 radical (unpaired) electrons. The molecule has 0 spiro atoms. The molecule has 1 aliphatic rings. The number of carboxylic acids is 1. The average Bonchev–Trinajstić information content (AvgIpc) is 3.11. The minimum Gasteiger partial charge on any atom is -0.478 e. The van der Waals surface area contributed by atoms with E-state index in [1.807, 2.05) is 13.2 Å². The zero-order valence-electron chi connectivity index (χ0n) is 13.3. The highest BCUT2D eigenvalue weighted by atomic mass is 35.5. The summed E-state index contributed by atoms with van der Waals surface area (Å²) in [6.07, 6.45) is 3.05. The lowest BCUT2D eigenvalue weighted by atomic mass is 10.1. The number of thioether (sulfide) groups is 1. The lowest BCUT2D eigenvalue weighted by molar-refractivity contribution is 0.0691. The molecule has 1 aromatic carbocycles. The molecule has 0 saturated heterocycles. The number of aryl methyl sites for hydroxylation is 1. The topological polar surface area (TPSA) is 73.6 Å². The van der Waals surface area contributed by atoms with Crippen LogP contribution in [-0.4, -0.2) is 33.9 Å². The smallest absolute Gasteiger partial charge is 0.340 e. The minimum atomic E-state index is -0.978. The van der Waals surface area contributed by atoms with Gasteiger partial charge in [0, 0.05) is 24.1 Å². The molecule has 8 heteroatoms. The van der Waals surface area contributed by atoms with Gasteiger partial charge in [-0.25, -0.2) is 4.79 Å². The third-order valence-electron chi connectivity index (χ3n) is 3.72. The van der Waals surface area contributed by atoms with E-state index < -0.39 is 5.97 Å². The Kier molecular flexibility index (Phi) is 4.91.